The molecule has 9 atom stereocenters. The van der Waals surface area contributed by atoms with Gasteiger partial charge in [-0.25, -0.2) is 9.18 Å². The number of aliphatic hydroxyl groups excluding tert-OH is 2. The number of aliphatic hydroxyl groups is 3. The molecule has 5 rings (SSSR count). The summed E-state index contributed by atoms with van der Waals surface area (Å²) in [6, 6.07) is 5.40. The topological polar surface area (TPSA) is 264 Å². The summed E-state index contributed by atoms with van der Waals surface area (Å²) in [6.07, 6.45) is -1.83. The van der Waals surface area contributed by atoms with Gasteiger partial charge in [0.25, 0.3) is 10.2 Å². The lowest BCUT2D eigenvalue weighted by Gasteiger charge is -2.62. The minimum absolute atomic E-state index is 0.0162. The summed E-state index contributed by atoms with van der Waals surface area (Å²) in [5.41, 5.74) is -6.63. The number of halogens is 1. The highest BCUT2D eigenvalue weighted by atomic mass is 19.1. The molecule has 1 unspecified atom stereocenters. The number of rotatable bonds is 13. The molecule has 1 amide bonds. The first kappa shape index (κ1) is 38.2. The van der Waals surface area contributed by atoms with Crippen molar-refractivity contribution in [2.75, 3.05) is 19.8 Å². The molecular weight excluding hydrogens is 697 g/mol. The van der Waals surface area contributed by atoms with Crippen LogP contribution in [0.25, 0.3) is 0 Å². The molecule has 52 heavy (non-hydrogen) atoms. The highest BCUT2D eigenvalue weighted by Gasteiger charge is 2.76. The molecule has 18 nitrogen and oxygen atoms in total. The number of allylic oxidation sites excluding steroid dienone is 4. The van der Waals surface area contributed by atoms with E-state index < -0.39 is 106 Å². The van der Waals surface area contributed by atoms with Crippen molar-refractivity contribution in [2.45, 2.75) is 75.5 Å². The Hall–Kier alpha value is -5.01. The fraction of sp³-hybridized carbons (Fsp3) is 0.576. The number of ether oxygens (including phenoxy) is 2. The smallest absolute Gasteiger partial charge is 0.413 e. The second-order valence-corrected chi connectivity index (χ2v) is 13.9. The molecule has 3 saturated carbocycles. The van der Waals surface area contributed by atoms with E-state index in [0.29, 0.717) is 17.6 Å². The Labute approximate surface area is 294 Å². The van der Waals surface area contributed by atoms with E-state index in [-0.39, 0.29) is 30.8 Å². The van der Waals surface area contributed by atoms with Crippen molar-refractivity contribution in [3.63, 3.8) is 0 Å². The van der Waals surface area contributed by atoms with Crippen molar-refractivity contribution < 1.29 is 68.2 Å². The summed E-state index contributed by atoms with van der Waals surface area (Å²) < 4.78 is 27.3. The van der Waals surface area contributed by atoms with Crippen molar-refractivity contribution in [1.82, 2.24) is 5.32 Å². The zero-order chi connectivity index (χ0) is 38.2. The lowest BCUT2D eigenvalue weighted by Crippen LogP contribution is -2.69. The number of carbonyl (C=O) groups excluding carboxylic acids is 4. The maximum atomic E-state index is 17.3. The molecule has 1 aromatic carbocycles. The molecule has 0 spiro atoms. The van der Waals surface area contributed by atoms with Gasteiger partial charge in [0.15, 0.2) is 23.7 Å². The first-order valence-corrected chi connectivity index (χ1v) is 16.4. The van der Waals surface area contributed by atoms with Gasteiger partial charge in [-0.05, 0) is 68.4 Å². The van der Waals surface area contributed by atoms with E-state index in [4.69, 9.17) is 9.47 Å². The van der Waals surface area contributed by atoms with Gasteiger partial charge in [0.1, 0.15) is 25.0 Å². The fourth-order valence-electron chi connectivity index (χ4n) is 8.67. The van der Waals surface area contributed by atoms with Crippen LogP contribution in [-0.2, 0) is 35.2 Å². The maximum absolute atomic E-state index is 17.3. The highest BCUT2D eigenvalue weighted by molar-refractivity contribution is 6.01. The van der Waals surface area contributed by atoms with Crippen LogP contribution in [0.3, 0.4) is 0 Å². The number of hydrogen-bond acceptors (Lipinski definition) is 15. The lowest BCUT2D eigenvalue weighted by molar-refractivity contribution is -0.789. The zero-order valence-electron chi connectivity index (χ0n) is 28.1. The summed E-state index contributed by atoms with van der Waals surface area (Å²) >= 11 is 0. The van der Waals surface area contributed by atoms with Crippen LogP contribution in [-0.4, -0.2) is 98.5 Å². The third kappa shape index (κ3) is 6.70. The van der Waals surface area contributed by atoms with E-state index in [9.17, 15) is 54.7 Å². The first-order chi connectivity index (χ1) is 24.3. The van der Waals surface area contributed by atoms with Gasteiger partial charge in [0.05, 0.1) is 12.2 Å². The molecule has 19 heteroatoms. The molecule has 4 N–H and O–H groups in total. The van der Waals surface area contributed by atoms with Gasteiger partial charge in [0.2, 0.25) is 5.78 Å². The second-order valence-electron chi connectivity index (χ2n) is 13.9. The second kappa shape index (κ2) is 14.2. The van der Waals surface area contributed by atoms with Crippen molar-refractivity contribution in [2.24, 2.45) is 22.7 Å². The van der Waals surface area contributed by atoms with E-state index in [1.54, 1.807) is 6.92 Å². The number of Topliss-reactive ketones (excluding diaryl/α,β-unsaturated/α-hetero) is 1. The number of ketones is 2. The normalized spacial score (nSPS) is 33.7. The molecule has 4 aliphatic carbocycles. The lowest BCUT2D eigenvalue weighted by atomic mass is 9.44. The van der Waals surface area contributed by atoms with Gasteiger partial charge >= 0.3 is 12.1 Å². The molecule has 0 radical (unpaired) electrons. The summed E-state index contributed by atoms with van der Waals surface area (Å²) in [4.78, 5) is 79.8. The monoisotopic (exact) mass is 735 g/mol. The number of hydrogen-bond donors (Lipinski definition) is 4. The third-order valence-corrected chi connectivity index (χ3v) is 11.2. The number of benzene rings is 1. The number of alkyl halides is 1. The minimum Gasteiger partial charge on any atom is -0.456 e. The van der Waals surface area contributed by atoms with Crippen LogP contribution in [0.1, 0.15) is 45.1 Å². The third-order valence-electron chi connectivity index (χ3n) is 11.2. The van der Waals surface area contributed by atoms with Gasteiger partial charge in [-0.2, -0.15) is 0 Å². The van der Waals surface area contributed by atoms with Crippen LogP contribution in [0.2, 0.25) is 0 Å². The first-order valence-electron chi connectivity index (χ1n) is 16.4. The van der Waals surface area contributed by atoms with Gasteiger partial charge < -0.3 is 39.8 Å². The number of carbonyl (C=O) groups is 4. The van der Waals surface area contributed by atoms with Crippen LogP contribution < -0.4 is 10.1 Å². The summed E-state index contributed by atoms with van der Waals surface area (Å²) in [6.45, 7) is 0.631. The molecule has 0 aliphatic heterocycles. The van der Waals surface area contributed by atoms with Crippen LogP contribution in [0.15, 0.2) is 48.1 Å². The van der Waals surface area contributed by atoms with Crippen molar-refractivity contribution >= 4 is 23.6 Å². The molecular formula is C33H38FN3O15. The Morgan fingerprint density at radius 2 is 1.77 bits per heavy atom. The average Bonchev–Trinajstić information content (AvgIpc) is 3.28. The molecule has 0 aromatic heterocycles. The predicted octanol–water partition coefficient (Wildman–Crippen LogP) is 1.29. The number of fused-ring (bicyclic) bond motifs is 5. The standard InChI is InChI=1S/C33H38FN3O15/c1-30-10-9-20(38)12-19(30)5-8-23-24-13-25(39)33(44,31(24,2)14-26(40)32(23,30)34)27(41)17-49-28(42)15-35-29(43)51-21-6-3-18(4-7-21)11-22(52-37(47)48)16-50-36(45)46/h3-4,6-7,9-10,12,22-26,39-40,44H,5,8,11,13-17H2,1-2H3,(H,35,43)/t22?,23-,24-,25+,26-,30-,31-,32-,33-/m0/s1. The Bertz CT molecular complexity index is 1700. The Kier molecular flexibility index (Phi) is 10.4. The number of nitrogens with zero attached hydrogens (tertiary/aromatic N) is 2. The van der Waals surface area contributed by atoms with Crippen LogP contribution in [0, 0.1) is 42.9 Å². The van der Waals surface area contributed by atoms with E-state index in [1.807, 2.05) is 0 Å². The van der Waals surface area contributed by atoms with Gasteiger partial charge in [-0.15, -0.1) is 20.2 Å². The summed E-state index contributed by atoms with van der Waals surface area (Å²) in [5.74, 6) is -4.11. The minimum atomic E-state index is -2.51. The van der Waals surface area contributed by atoms with Crippen molar-refractivity contribution in [1.29, 1.82) is 0 Å². The van der Waals surface area contributed by atoms with Crippen LogP contribution >= 0.6 is 0 Å². The largest absolute Gasteiger partial charge is 0.456 e. The maximum Gasteiger partial charge on any atom is 0.413 e. The van der Waals surface area contributed by atoms with E-state index >= 15 is 4.39 Å². The molecule has 0 saturated heterocycles. The van der Waals surface area contributed by atoms with E-state index in [1.165, 1.54) is 49.4 Å². The molecule has 0 bridgehead atoms. The summed E-state index contributed by atoms with van der Waals surface area (Å²) in [7, 11) is 0. The Morgan fingerprint density at radius 3 is 2.42 bits per heavy atom. The number of nitrogens with one attached hydrogen (secondary N) is 1. The van der Waals surface area contributed by atoms with Crippen LogP contribution in [0.5, 0.6) is 5.75 Å². The molecule has 4 aliphatic rings. The predicted molar refractivity (Wildman–Crippen MR) is 170 cm³/mol. The average molecular weight is 736 g/mol. The SMILES string of the molecule is C[C@]12C=CC(=O)C=C1CC[C@H]1[C@@H]3C[C@@H](O)[C@](O)(C(=O)COC(=O)CNC(=O)Oc4ccc(CC(CO[N+](=O)[O-])O[N+](=O)[O-])cc4)[C@@]3(C)C[C@H](O)[C@@]12F. The van der Waals surface area contributed by atoms with Crippen LogP contribution in [0.4, 0.5) is 9.18 Å². The molecule has 3 fully saturated rings. The fourth-order valence-corrected chi connectivity index (χ4v) is 8.67. The van der Waals surface area contributed by atoms with Gasteiger partial charge in [-0.3, -0.25) is 14.4 Å². The zero-order valence-corrected chi connectivity index (χ0v) is 28.1. The van der Waals surface area contributed by atoms with Crippen molar-refractivity contribution in [3.8, 4) is 5.75 Å². The Balaban J connectivity index is 1.15. The van der Waals surface area contributed by atoms with E-state index in [2.05, 4.69) is 15.0 Å². The van der Waals surface area contributed by atoms with E-state index in [0.717, 1.165) is 0 Å². The molecule has 0 heterocycles. The number of esters is 1. The Morgan fingerprint density at radius 1 is 1.08 bits per heavy atom. The summed E-state index contributed by atoms with van der Waals surface area (Å²) in [5, 5.41) is 55.2. The molecule has 1 aromatic rings. The number of amides is 1. The molecule has 282 valence electrons. The highest BCUT2D eigenvalue weighted by Crippen LogP contribution is 2.69. The van der Waals surface area contributed by atoms with Gasteiger partial charge in [-0.1, -0.05) is 30.7 Å². The van der Waals surface area contributed by atoms with Crippen molar-refractivity contribution in [3.05, 3.63) is 73.9 Å². The quantitative estimate of drug-likeness (QED) is 0.126. The van der Waals surface area contributed by atoms with Gasteiger partial charge in [0, 0.05) is 23.2 Å².